The Bertz CT molecular complexity index is 925. The summed E-state index contributed by atoms with van der Waals surface area (Å²) >= 11 is 3.23. The monoisotopic (exact) mass is 402 g/mol. The lowest BCUT2D eigenvalue weighted by Gasteiger charge is -2.14. The minimum absolute atomic E-state index is 0.0814. The maximum absolute atomic E-state index is 12.3. The van der Waals surface area contributed by atoms with Crippen molar-refractivity contribution < 1.29 is 24.3 Å². The van der Waals surface area contributed by atoms with Gasteiger partial charge in [0.05, 0.1) is 22.4 Å². The van der Waals surface area contributed by atoms with Crippen LogP contribution in [0, 0.1) is 0 Å². The molecule has 126 valence electrons. The number of imide groups is 1. The van der Waals surface area contributed by atoms with E-state index in [1.807, 2.05) is 0 Å². The zero-order valence-corrected chi connectivity index (χ0v) is 14.2. The van der Waals surface area contributed by atoms with Gasteiger partial charge in [-0.25, -0.2) is 4.79 Å². The van der Waals surface area contributed by atoms with Crippen LogP contribution in [0.4, 0.5) is 5.69 Å². The highest BCUT2D eigenvalue weighted by Crippen LogP contribution is 2.26. The summed E-state index contributed by atoms with van der Waals surface area (Å²) in [7, 11) is 0. The topological polar surface area (TPSA) is 104 Å². The van der Waals surface area contributed by atoms with E-state index in [2.05, 4.69) is 21.2 Å². The van der Waals surface area contributed by atoms with Crippen LogP contribution in [0.3, 0.4) is 0 Å². The Labute approximate surface area is 150 Å². The number of hydrogen-bond donors (Lipinski definition) is 2. The van der Waals surface area contributed by atoms with Gasteiger partial charge < -0.3 is 10.4 Å². The lowest BCUT2D eigenvalue weighted by molar-refractivity contribution is -0.116. The van der Waals surface area contributed by atoms with Gasteiger partial charge in [-0.1, -0.05) is 28.1 Å². The maximum atomic E-state index is 12.3. The third-order valence-corrected chi connectivity index (χ3v) is 4.16. The van der Waals surface area contributed by atoms with E-state index in [1.165, 1.54) is 30.3 Å². The Hall–Kier alpha value is -3.00. The number of aromatic carboxylic acids is 1. The fourth-order valence-corrected chi connectivity index (χ4v) is 2.88. The molecule has 0 saturated carbocycles. The molecule has 0 unspecified atom stereocenters. The highest BCUT2D eigenvalue weighted by Gasteiger charge is 2.36. The molecule has 1 aliphatic heterocycles. The number of carboxylic acids is 1. The lowest BCUT2D eigenvalue weighted by atomic mass is 10.1. The average Bonchev–Trinajstić information content (AvgIpc) is 2.79. The van der Waals surface area contributed by atoms with E-state index < -0.39 is 30.2 Å². The summed E-state index contributed by atoms with van der Waals surface area (Å²) < 4.78 is 0.647. The molecule has 3 amide bonds. The quantitative estimate of drug-likeness (QED) is 0.763. The second kappa shape index (κ2) is 6.48. The molecule has 0 atom stereocenters. The smallest absolute Gasteiger partial charge is 0.337 e. The number of carbonyl (C=O) groups is 4. The van der Waals surface area contributed by atoms with E-state index in [4.69, 9.17) is 5.11 Å². The molecule has 2 aromatic carbocycles. The molecule has 0 saturated heterocycles. The molecule has 0 fully saturated rings. The number of carbonyl (C=O) groups excluding carboxylic acids is 3. The Morgan fingerprint density at radius 2 is 1.72 bits per heavy atom. The van der Waals surface area contributed by atoms with Crippen LogP contribution in [0.2, 0.25) is 0 Å². The number of fused-ring (bicyclic) bond motifs is 1. The van der Waals surface area contributed by atoms with Crippen molar-refractivity contribution in [1.82, 2.24) is 4.90 Å². The first-order chi connectivity index (χ1) is 11.9. The zero-order chi connectivity index (χ0) is 18.1. The molecule has 25 heavy (non-hydrogen) atoms. The number of anilines is 1. The second-order valence-corrected chi connectivity index (χ2v) is 6.20. The van der Waals surface area contributed by atoms with Crippen LogP contribution in [0.25, 0.3) is 0 Å². The minimum atomic E-state index is -1.19. The van der Waals surface area contributed by atoms with Crippen LogP contribution in [-0.2, 0) is 4.79 Å². The van der Waals surface area contributed by atoms with Crippen molar-refractivity contribution in [3.05, 3.63) is 63.6 Å². The highest BCUT2D eigenvalue weighted by molar-refractivity contribution is 9.10. The summed E-state index contributed by atoms with van der Waals surface area (Å²) in [5, 5.41) is 11.5. The lowest BCUT2D eigenvalue weighted by Crippen LogP contribution is -2.37. The number of amides is 3. The van der Waals surface area contributed by atoms with Gasteiger partial charge in [0.15, 0.2) is 0 Å². The summed E-state index contributed by atoms with van der Waals surface area (Å²) in [5.41, 5.74) is 0.464. The Balaban J connectivity index is 1.78. The predicted molar refractivity (Wildman–Crippen MR) is 91.5 cm³/mol. The van der Waals surface area contributed by atoms with E-state index in [9.17, 15) is 19.2 Å². The van der Waals surface area contributed by atoms with E-state index in [0.717, 1.165) is 4.90 Å². The number of nitrogens with zero attached hydrogens (tertiary/aromatic N) is 1. The molecule has 1 heterocycles. The zero-order valence-electron chi connectivity index (χ0n) is 12.7. The van der Waals surface area contributed by atoms with Crippen molar-refractivity contribution in [2.75, 3.05) is 11.9 Å². The molecule has 7 nitrogen and oxygen atoms in total. The molecule has 2 aromatic rings. The van der Waals surface area contributed by atoms with Crippen LogP contribution in [0.15, 0.2) is 46.9 Å². The first-order valence-corrected chi connectivity index (χ1v) is 7.95. The number of halogens is 1. The van der Waals surface area contributed by atoms with E-state index in [1.54, 1.807) is 12.1 Å². The third kappa shape index (κ3) is 3.16. The standard InChI is InChI=1S/C17H11BrN2O5/c18-9-5-6-10-12(7-9)16(23)20(15(10)22)8-14(21)19-13-4-2-1-3-11(13)17(24)25/h1-7H,8H2,(H,19,21)(H,24,25). The molecule has 1 aliphatic rings. The van der Waals surface area contributed by atoms with Crippen LogP contribution in [-0.4, -0.2) is 40.2 Å². The van der Waals surface area contributed by atoms with Crippen LogP contribution >= 0.6 is 15.9 Å². The molecular formula is C17H11BrN2O5. The van der Waals surface area contributed by atoms with E-state index >= 15 is 0 Å². The van der Waals surface area contributed by atoms with E-state index in [0.29, 0.717) is 4.47 Å². The largest absolute Gasteiger partial charge is 0.478 e. The SMILES string of the molecule is O=C(CN1C(=O)c2ccc(Br)cc2C1=O)Nc1ccccc1C(=O)O. The molecule has 0 aliphatic carbocycles. The number of rotatable bonds is 4. The molecule has 2 N–H and O–H groups in total. The van der Waals surface area contributed by atoms with Gasteiger partial charge in [-0.15, -0.1) is 0 Å². The van der Waals surface area contributed by atoms with Gasteiger partial charge in [-0.3, -0.25) is 19.3 Å². The van der Waals surface area contributed by atoms with Crippen molar-refractivity contribution in [1.29, 1.82) is 0 Å². The van der Waals surface area contributed by atoms with E-state index in [-0.39, 0.29) is 22.4 Å². The molecule has 0 spiro atoms. The van der Waals surface area contributed by atoms with Crippen molar-refractivity contribution >= 4 is 45.3 Å². The maximum Gasteiger partial charge on any atom is 0.337 e. The normalized spacial score (nSPS) is 12.9. The summed E-state index contributed by atoms with van der Waals surface area (Å²) in [6.45, 7) is -0.502. The molecule has 0 aromatic heterocycles. The molecule has 3 rings (SSSR count). The van der Waals surface area contributed by atoms with Crippen LogP contribution < -0.4 is 5.32 Å². The first-order valence-electron chi connectivity index (χ1n) is 7.16. The summed E-state index contributed by atoms with van der Waals surface area (Å²) in [6.07, 6.45) is 0. The molecule has 8 heteroatoms. The highest BCUT2D eigenvalue weighted by atomic mass is 79.9. The van der Waals surface area contributed by atoms with Crippen molar-refractivity contribution in [3.8, 4) is 0 Å². The molecular weight excluding hydrogens is 392 g/mol. The number of para-hydroxylation sites is 1. The summed E-state index contributed by atoms with van der Waals surface area (Å²) in [6, 6.07) is 10.5. The first kappa shape index (κ1) is 16.8. The van der Waals surface area contributed by atoms with Gasteiger partial charge in [0.1, 0.15) is 6.54 Å². The summed E-state index contributed by atoms with van der Waals surface area (Å²) in [4.78, 5) is 48.8. The minimum Gasteiger partial charge on any atom is -0.478 e. The predicted octanol–water partition coefficient (Wildman–Crippen LogP) is 2.38. The average molecular weight is 403 g/mol. The van der Waals surface area contributed by atoms with Crippen molar-refractivity contribution in [2.45, 2.75) is 0 Å². The second-order valence-electron chi connectivity index (χ2n) is 5.29. The number of hydrogen-bond acceptors (Lipinski definition) is 4. The summed E-state index contributed by atoms with van der Waals surface area (Å²) in [5.74, 6) is -2.99. The third-order valence-electron chi connectivity index (χ3n) is 3.67. The van der Waals surface area contributed by atoms with Crippen molar-refractivity contribution in [3.63, 3.8) is 0 Å². The molecule has 0 radical (unpaired) electrons. The number of carboxylic acid groups (broad SMARTS) is 1. The van der Waals surface area contributed by atoms with Gasteiger partial charge >= 0.3 is 5.97 Å². The number of benzene rings is 2. The fraction of sp³-hybridized carbons (Fsp3) is 0.0588. The van der Waals surface area contributed by atoms with Crippen molar-refractivity contribution in [2.24, 2.45) is 0 Å². The Morgan fingerprint density at radius 3 is 2.44 bits per heavy atom. The fourth-order valence-electron chi connectivity index (χ4n) is 2.52. The van der Waals surface area contributed by atoms with Gasteiger partial charge in [0.2, 0.25) is 5.91 Å². The number of nitrogens with one attached hydrogen (secondary N) is 1. The van der Waals surface area contributed by atoms with Gasteiger partial charge in [0, 0.05) is 4.47 Å². The van der Waals surface area contributed by atoms with Gasteiger partial charge in [-0.05, 0) is 30.3 Å². The van der Waals surface area contributed by atoms with Gasteiger partial charge in [0.25, 0.3) is 11.8 Å². The van der Waals surface area contributed by atoms with Gasteiger partial charge in [-0.2, -0.15) is 0 Å². The Morgan fingerprint density at radius 1 is 1.04 bits per heavy atom. The van der Waals surface area contributed by atoms with Crippen LogP contribution in [0.5, 0.6) is 0 Å². The Kier molecular flexibility index (Phi) is 4.37. The molecule has 0 bridgehead atoms. The van der Waals surface area contributed by atoms with Crippen LogP contribution in [0.1, 0.15) is 31.1 Å².